The van der Waals surface area contributed by atoms with E-state index in [0.29, 0.717) is 6.04 Å². The van der Waals surface area contributed by atoms with E-state index in [-0.39, 0.29) is 0 Å². The molecule has 0 unspecified atom stereocenters. The van der Waals surface area contributed by atoms with Crippen LogP contribution in [0.1, 0.15) is 32.6 Å². The Labute approximate surface area is 112 Å². The van der Waals surface area contributed by atoms with Crippen molar-refractivity contribution in [2.24, 2.45) is 5.92 Å². The molecule has 17 heavy (non-hydrogen) atoms. The summed E-state index contributed by atoms with van der Waals surface area (Å²) in [5.74, 6) is 1.81. The molecule has 0 aliphatic heterocycles. The molecule has 1 N–H and O–H groups in total. The second-order valence-electron chi connectivity index (χ2n) is 4.95. The van der Waals surface area contributed by atoms with Crippen LogP contribution in [0.4, 0.5) is 5.69 Å². The number of rotatable bonds is 3. The van der Waals surface area contributed by atoms with E-state index < -0.39 is 0 Å². The Kier molecular flexibility index (Phi) is 4.32. The lowest BCUT2D eigenvalue weighted by Gasteiger charge is -2.28. The van der Waals surface area contributed by atoms with Crippen molar-refractivity contribution in [3.63, 3.8) is 0 Å². The number of methoxy groups -OCH3 is 1. The molecule has 1 aliphatic rings. The van der Waals surface area contributed by atoms with Crippen LogP contribution in [0.3, 0.4) is 0 Å². The monoisotopic (exact) mass is 297 g/mol. The van der Waals surface area contributed by atoms with E-state index in [1.807, 2.05) is 12.1 Å². The van der Waals surface area contributed by atoms with Crippen molar-refractivity contribution in [3.05, 3.63) is 22.7 Å². The lowest BCUT2D eigenvalue weighted by molar-refractivity contribution is 0.359. The van der Waals surface area contributed by atoms with Gasteiger partial charge in [0.25, 0.3) is 0 Å². The summed E-state index contributed by atoms with van der Waals surface area (Å²) in [7, 11) is 1.72. The lowest BCUT2D eigenvalue weighted by Crippen LogP contribution is -2.25. The largest absolute Gasteiger partial charge is 0.495 e. The van der Waals surface area contributed by atoms with Crippen molar-refractivity contribution in [1.82, 2.24) is 0 Å². The van der Waals surface area contributed by atoms with Crippen LogP contribution < -0.4 is 10.1 Å². The number of hydrogen-bond acceptors (Lipinski definition) is 2. The minimum absolute atomic E-state index is 0.592. The van der Waals surface area contributed by atoms with Crippen LogP contribution in [0.5, 0.6) is 5.75 Å². The number of halogens is 1. The van der Waals surface area contributed by atoms with Crippen LogP contribution >= 0.6 is 15.9 Å². The molecular weight excluding hydrogens is 278 g/mol. The smallest absolute Gasteiger partial charge is 0.142 e. The van der Waals surface area contributed by atoms with Gasteiger partial charge >= 0.3 is 0 Å². The SMILES string of the molecule is COc1ccc(Br)cc1NC1CCC(C)CC1. The standard InChI is InChI=1S/C14H20BrNO/c1-10-3-6-12(7-4-10)16-13-9-11(15)5-8-14(13)17-2/h5,8-10,12,16H,3-4,6-7H2,1-2H3. The van der Waals surface area contributed by atoms with Gasteiger partial charge in [-0.05, 0) is 49.8 Å². The maximum absolute atomic E-state index is 5.38. The Bertz CT molecular complexity index is 372. The van der Waals surface area contributed by atoms with E-state index in [4.69, 9.17) is 4.74 Å². The highest BCUT2D eigenvalue weighted by Crippen LogP contribution is 2.32. The van der Waals surface area contributed by atoms with E-state index in [1.54, 1.807) is 7.11 Å². The molecule has 1 fully saturated rings. The van der Waals surface area contributed by atoms with Crippen molar-refractivity contribution in [2.45, 2.75) is 38.6 Å². The number of nitrogens with one attached hydrogen (secondary N) is 1. The van der Waals surface area contributed by atoms with Crippen LogP contribution in [-0.4, -0.2) is 13.2 Å². The Hall–Kier alpha value is -0.700. The van der Waals surface area contributed by atoms with Crippen molar-refractivity contribution in [1.29, 1.82) is 0 Å². The highest BCUT2D eigenvalue weighted by molar-refractivity contribution is 9.10. The van der Waals surface area contributed by atoms with Gasteiger partial charge in [0.15, 0.2) is 0 Å². The molecule has 0 bridgehead atoms. The molecule has 0 amide bonds. The minimum Gasteiger partial charge on any atom is -0.495 e. The quantitative estimate of drug-likeness (QED) is 0.890. The van der Waals surface area contributed by atoms with Crippen LogP contribution in [-0.2, 0) is 0 Å². The fourth-order valence-corrected chi connectivity index (χ4v) is 2.78. The summed E-state index contributed by atoms with van der Waals surface area (Å²) in [5, 5.41) is 3.61. The molecule has 1 aliphatic carbocycles. The molecule has 1 aromatic rings. The van der Waals surface area contributed by atoms with Crippen molar-refractivity contribution in [3.8, 4) is 5.75 Å². The summed E-state index contributed by atoms with van der Waals surface area (Å²) in [5.41, 5.74) is 1.10. The zero-order chi connectivity index (χ0) is 12.3. The minimum atomic E-state index is 0.592. The molecule has 1 saturated carbocycles. The first-order valence-corrected chi connectivity index (χ1v) is 7.08. The molecular formula is C14H20BrNO. The fourth-order valence-electron chi connectivity index (χ4n) is 2.42. The van der Waals surface area contributed by atoms with Gasteiger partial charge in [-0.1, -0.05) is 22.9 Å². The van der Waals surface area contributed by atoms with Crippen LogP contribution in [0.15, 0.2) is 22.7 Å². The molecule has 3 heteroatoms. The third-order valence-corrected chi connectivity index (χ3v) is 4.03. The first-order chi connectivity index (χ1) is 8.19. The second kappa shape index (κ2) is 5.76. The van der Waals surface area contributed by atoms with E-state index in [0.717, 1.165) is 21.8 Å². The molecule has 0 saturated heterocycles. The lowest BCUT2D eigenvalue weighted by atomic mass is 9.87. The zero-order valence-corrected chi connectivity index (χ0v) is 12.1. The van der Waals surface area contributed by atoms with Crippen molar-refractivity contribution in [2.75, 3.05) is 12.4 Å². The highest BCUT2D eigenvalue weighted by atomic mass is 79.9. The van der Waals surface area contributed by atoms with Gasteiger partial charge in [0.1, 0.15) is 5.75 Å². The van der Waals surface area contributed by atoms with Crippen LogP contribution in [0.2, 0.25) is 0 Å². The van der Waals surface area contributed by atoms with Gasteiger partial charge in [-0.3, -0.25) is 0 Å². The van der Waals surface area contributed by atoms with Gasteiger partial charge in [0.2, 0.25) is 0 Å². The fraction of sp³-hybridized carbons (Fsp3) is 0.571. The Morgan fingerprint density at radius 1 is 1.24 bits per heavy atom. The number of anilines is 1. The van der Waals surface area contributed by atoms with Gasteiger partial charge in [-0.15, -0.1) is 0 Å². The van der Waals surface area contributed by atoms with E-state index >= 15 is 0 Å². The van der Waals surface area contributed by atoms with Gasteiger partial charge in [-0.2, -0.15) is 0 Å². The average molecular weight is 298 g/mol. The number of hydrogen-bond donors (Lipinski definition) is 1. The number of ether oxygens (including phenoxy) is 1. The third-order valence-electron chi connectivity index (χ3n) is 3.54. The van der Waals surface area contributed by atoms with E-state index in [2.05, 4.69) is 34.2 Å². The summed E-state index contributed by atoms with van der Waals surface area (Å²) in [4.78, 5) is 0. The Morgan fingerprint density at radius 2 is 1.94 bits per heavy atom. The average Bonchev–Trinajstić information content (AvgIpc) is 2.32. The summed E-state index contributed by atoms with van der Waals surface area (Å²) in [6.07, 6.45) is 5.18. The highest BCUT2D eigenvalue weighted by Gasteiger charge is 2.18. The maximum Gasteiger partial charge on any atom is 0.142 e. The molecule has 0 radical (unpaired) electrons. The first kappa shape index (κ1) is 12.7. The molecule has 0 heterocycles. The normalized spacial score (nSPS) is 24.4. The number of benzene rings is 1. The van der Waals surface area contributed by atoms with Gasteiger partial charge < -0.3 is 10.1 Å². The maximum atomic E-state index is 5.38. The summed E-state index contributed by atoms with van der Waals surface area (Å²) in [6.45, 7) is 2.34. The summed E-state index contributed by atoms with van der Waals surface area (Å²) >= 11 is 3.50. The summed E-state index contributed by atoms with van der Waals surface area (Å²) in [6, 6.07) is 6.69. The third kappa shape index (κ3) is 3.38. The van der Waals surface area contributed by atoms with Gasteiger partial charge in [-0.25, -0.2) is 0 Å². The van der Waals surface area contributed by atoms with E-state index in [9.17, 15) is 0 Å². The predicted molar refractivity (Wildman–Crippen MR) is 75.7 cm³/mol. The van der Waals surface area contributed by atoms with Crippen LogP contribution in [0, 0.1) is 5.92 Å². The summed E-state index contributed by atoms with van der Waals surface area (Å²) < 4.78 is 6.47. The van der Waals surface area contributed by atoms with Crippen molar-refractivity contribution >= 4 is 21.6 Å². The van der Waals surface area contributed by atoms with E-state index in [1.165, 1.54) is 25.7 Å². The topological polar surface area (TPSA) is 21.3 Å². The second-order valence-corrected chi connectivity index (χ2v) is 5.86. The molecule has 0 spiro atoms. The zero-order valence-electron chi connectivity index (χ0n) is 10.5. The van der Waals surface area contributed by atoms with Gasteiger partial charge in [0.05, 0.1) is 12.8 Å². The predicted octanol–water partition coefficient (Wildman–Crippen LogP) is 4.45. The Balaban J connectivity index is 2.04. The van der Waals surface area contributed by atoms with Crippen LogP contribution in [0.25, 0.3) is 0 Å². The Morgan fingerprint density at radius 3 is 2.59 bits per heavy atom. The van der Waals surface area contributed by atoms with Gasteiger partial charge in [0, 0.05) is 10.5 Å². The molecule has 1 aromatic carbocycles. The molecule has 2 nitrogen and oxygen atoms in total. The van der Waals surface area contributed by atoms with Crippen molar-refractivity contribution < 1.29 is 4.74 Å². The molecule has 94 valence electrons. The molecule has 0 atom stereocenters. The first-order valence-electron chi connectivity index (χ1n) is 6.29. The molecule has 2 rings (SSSR count). The molecule has 0 aromatic heterocycles.